The summed E-state index contributed by atoms with van der Waals surface area (Å²) in [4.78, 5) is 4.47. The number of benzene rings is 1. The van der Waals surface area contributed by atoms with E-state index in [1.807, 2.05) is 30.3 Å². The molecule has 0 radical (unpaired) electrons. The number of hydrogen-bond acceptors (Lipinski definition) is 4. The van der Waals surface area contributed by atoms with Crippen LogP contribution in [0.1, 0.15) is 18.7 Å². The van der Waals surface area contributed by atoms with Gasteiger partial charge in [-0.25, -0.2) is 0 Å². The summed E-state index contributed by atoms with van der Waals surface area (Å²) in [6.07, 6.45) is 3.40. The lowest BCUT2D eigenvalue weighted by molar-refractivity contribution is 0.360. The van der Waals surface area contributed by atoms with E-state index in [1.54, 1.807) is 0 Å². The highest BCUT2D eigenvalue weighted by molar-refractivity contribution is 5.51. The van der Waals surface area contributed by atoms with Gasteiger partial charge < -0.3 is 9.84 Å². The van der Waals surface area contributed by atoms with E-state index in [2.05, 4.69) is 15.5 Å². The van der Waals surface area contributed by atoms with Crippen LogP contribution in [0.25, 0.3) is 11.5 Å². The molecule has 4 heteroatoms. The second kappa shape index (κ2) is 5.31. The highest BCUT2D eigenvalue weighted by Gasteiger charge is 2.17. The van der Waals surface area contributed by atoms with E-state index in [-0.39, 0.29) is 0 Å². The monoisotopic (exact) mass is 243 g/mol. The molecule has 18 heavy (non-hydrogen) atoms. The number of hydrogen-bond donors (Lipinski definition) is 1. The number of piperidine rings is 1. The van der Waals surface area contributed by atoms with Crippen molar-refractivity contribution in [1.82, 2.24) is 15.5 Å². The minimum Gasteiger partial charge on any atom is -0.334 e. The standard InChI is InChI=1S/C14H17N3O/c1-2-6-12(7-3-1)14-16-13(17-18-14)9-11-5-4-8-15-10-11/h1-3,6-7,11,15H,4-5,8-10H2/t11-/m0/s1. The Morgan fingerprint density at radius 1 is 1.28 bits per heavy atom. The van der Waals surface area contributed by atoms with Crippen molar-refractivity contribution in [3.05, 3.63) is 36.2 Å². The number of nitrogens with one attached hydrogen (secondary N) is 1. The zero-order chi connectivity index (χ0) is 12.2. The van der Waals surface area contributed by atoms with Crippen molar-refractivity contribution in [3.63, 3.8) is 0 Å². The van der Waals surface area contributed by atoms with Gasteiger partial charge in [-0.05, 0) is 44.0 Å². The molecule has 1 N–H and O–H groups in total. The summed E-state index contributed by atoms with van der Waals surface area (Å²) in [5.41, 5.74) is 0.984. The topological polar surface area (TPSA) is 51.0 Å². The Bertz CT molecular complexity index is 489. The number of aromatic nitrogens is 2. The van der Waals surface area contributed by atoms with Gasteiger partial charge in [0, 0.05) is 12.0 Å². The molecule has 94 valence electrons. The fourth-order valence-electron chi connectivity index (χ4n) is 2.39. The molecule has 1 aromatic heterocycles. The third kappa shape index (κ3) is 2.59. The fraction of sp³-hybridized carbons (Fsp3) is 0.429. The largest absolute Gasteiger partial charge is 0.334 e. The zero-order valence-electron chi connectivity index (χ0n) is 10.3. The van der Waals surface area contributed by atoms with Crippen molar-refractivity contribution in [2.45, 2.75) is 19.3 Å². The van der Waals surface area contributed by atoms with E-state index >= 15 is 0 Å². The summed E-state index contributed by atoms with van der Waals surface area (Å²) in [5.74, 6) is 2.08. The number of rotatable bonds is 3. The van der Waals surface area contributed by atoms with Crippen LogP contribution in [-0.2, 0) is 6.42 Å². The lowest BCUT2D eigenvalue weighted by atomic mass is 9.96. The molecular formula is C14H17N3O. The Labute approximate surface area is 106 Å². The molecule has 1 aliphatic heterocycles. The Morgan fingerprint density at radius 2 is 2.17 bits per heavy atom. The first-order valence-electron chi connectivity index (χ1n) is 6.50. The minimum absolute atomic E-state index is 0.620. The van der Waals surface area contributed by atoms with Gasteiger partial charge in [-0.3, -0.25) is 0 Å². The molecule has 1 atom stereocenters. The molecule has 1 aromatic carbocycles. The minimum atomic E-state index is 0.620. The van der Waals surface area contributed by atoms with E-state index in [4.69, 9.17) is 4.52 Å². The van der Waals surface area contributed by atoms with Crippen LogP contribution in [0.3, 0.4) is 0 Å². The highest BCUT2D eigenvalue weighted by Crippen LogP contribution is 2.19. The summed E-state index contributed by atoms with van der Waals surface area (Å²) in [6.45, 7) is 2.20. The molecular weight excluding hydrogens is 226 g/mol. The van der Waals surface area contributed by atoms with Crippen molar-refractivity contribution >= 4 is 0 Å². The Hall–Kier alpha value is -1.68. The molecule has 0 bridgehead atoms. The lowest BCUT2D eigenvalue weighted by Gasteiger charge is -2.20. The normalized spacial score (nSPS) is 19.9. The molecule has 1 aliphatic rings. The molecule has 0 amide bonds. The first-order chi connectivity index (χ1) is 8.92. The molecule has 1 saturated heterocycles. The van der Waals surface area contributed by atoms with Crippen molar-refractivity contribution in [2.24, 2.45) is 5.92 Å². The third-order valence-electron chi connectivity index (χ3n) is 3.36. The Morgan fingerprint density at radius 3 is 2.94 bits per heavy atom. The van der Waals surface area contributed by atoms with Crippen molar-refractivity contribution in [1.29, 1.82) is 0 Å². The highest BCUT2D eigenvalue weighted by atomic mass is 16.5. The molecule has 2 aromatic rings. The smallest absolute Gasteiger partial charge is 0.257 e. The second-order valence-electron chi connectivity index (χ2n) is 4.80. The molecule has 4 nitrogen and oxygen atoms in total. The second-order valence-corrected chi connectivity index (χ2v) is 4.80. The predicted molar refractivity (Wildman–Crippen MR) is 69.0 cm³/mol. The molecule has 3 rings (SSSR count). The SMILES string of the molecule is c1ccc(-c2nc(C[C@@H]3CCCNC3)no2)cc1. The van der Waals surface area contributed by atoms with Gasteiger partial charge in [-0.15, -0.1) is 0 Å². The molecule has 0 aliphatic carbocycles. The van der Waals surface area contributed by atoms with Crippen molar-refractivity contribution in [2.75, 3.05) is 13.1 Å². The van der Waals surface area contributed by atoms with Gasteiger partial charge in [-0.1, -0.05) is 23.4 Å². The van der Waals surface area contributed by atoms with Crippen LogP contribution in [0.15, 0.2) is 34.9 Å². The molecule has 0 saturated carbocycles. The fourth-order valence-corrected chi connectivity index (χ4v) is 2.39. The molecule has 1 fully saturated rings. The first kappa shape index (κ1) is 11.4. The maximum atomic E-state index is 5.31. The van der Waals surface area contributed by atoms with E-state index in [0.29, 0.717) is 11.8 Å². The van der Waals surface area contributed by atoms with Crippen molar-refractivity contribution in [3.8, 4) is 11.5 Å². The van der Waals surface area contributed by atoms with Crippen LogP contribution in [0.5, 0.6) is 0 Å². The summed E-state index contributed by atoms with van der Waals surface area (Å²) in [6, 6.07) is 9.90. The molecule has 2 heterocycles. The predicted octanol–water partition coefficient (Wildman–Crippen LogP) is 2.28. The number of nitrogens with zero attached hydrogens (tertiary/aromatic N) is 2. The van der Waals surface area contributed by atoms with Gasteiger partial charge in [0.05, 0.1) is 0 Å². The van der Waals surface area contributed by atoms with Gasteiger partial charge in [0.15, 0.2) is 5.82 Å². The quantitative estimate of drug-likeness (QED) is 0.898. The average Bonchev–Trinajstić information content (AvgIpc) is 2.89. The third-order valence-corrected chi connectivity index (χ3v) is 3.36. The van der Waals surface area contributed by atoms with Gasteiger partial charge in [0.2, 0.25) is 0 Å². The Kier molecular flexibility index (Phi) is 3.37. The summed E-state index contributed by atoms with van der Waals surface area (Å²) in [7, 11) is 0. The summed E-state index contributed by atoms with van der Waals surface area (Å²) < 4.78 is 5.31. The van der Waals surface area contributed by atoms with Gasteiger partial charge in [0.25, 0.3) is 5.89 Å². The maximum absolute atomic E-state index is 5.31. The maximum Gasteiger partial charge on any atom is 0.257 e. The van der Waals surface area contributed by atoms with Crippen LogP contribution in [-0.4, -0.2) is 23.2 Å². The molecule has 0 unspecified atom stereocenters. The average molecular weight is 243 g/mol. The van der Waals surface area contributed by atoms with Gasteiger partial charge in [0.1, 0.15) is 0 Å². The van der Waals surface area contributed by atoms with Crippen LogP contribution in [0, 0.1) is 5.92 Å². The Balaban J connectivity index is 1.69. The van der Waals surface area contributed by atoms with E-state index < -0.39 is 0 Å². The van der Waals surface area contributed by atoms with Crippen molar-refractivity contribution < 1.29 is 4.52 Å². The van der Waals surface area contributed by atoms with E-state index in [0.717, 1.165) is 30.9 Å². The van der Waals surface area contributed by atoms with Gasteiger partial charge in [-0.2, -0.15) is 4.98 Å². The van der Waals surface area contributed by atoms with Crippen LogP contribution >= 0.6 is 0 Å². The summed E-state index contributed by atoms with van der Waals surface area (Å²) >= 11 is 0. The summed E-state index contributed by atoms with van der Waals surface area (Å²) in [5, 5.41) is 7.48. The van der Waals surface area contributed by atoms with E-state index in [9.17, 15) is 0 Å². The van der Waals surface area contributed by atoms with Crippen LogP contribution in [0.4, 0.5) is 0 Å². The first-order valence-corrected chi connectivity index (χ1v) is 6.50. The lowest BCUT2D eigenvalue weighted by Crippen LogP contribution is -2.31. The van der Waals surface area contributed by atoms with Crippen LogP contribution in [0.2, 0.25) is 0 Å². The molecule has 0 spiro atoms. The van der Waals surface area contributed by atoms with Gasteiger partial charge >= 0.3 is 0 Å². The van der Waals surface area contributed by atoms with Crippen LogP contribution < -0.4 is 5.32 Å². The van der Waals surface area contributed by atoms with E-state index in [1.165, 1.54) is 12.8 Å². The zero-order valence-corrected chi connectivity index (χ0v) is 10.3.